The van der Waals surface area contributed by atoms with Crippen molar-refractivity contribution in [1.29, 1.82) is 0 Å². The van der Waals surface area contributed by atoms with Gasteiger partial charge in [0, 0.05) is 0 Å². The predicted octanol–water partition coefficient (Wildman–Crippen LogP) is -8.63. The van der Waals surface area contributed by atoms with E-state index in [0.717, 1.165) is 0 Å². The van der Waals surface area contributed by atoms with Crippen molar-refractivity contribution in [2.45, 2.75) is 25.7 Å². The molecule has 14 heavy (non-hydrogen) atoms. The van der Waals surface area contributed by atoms with Crippen molar-refractivity contribution in [2.75, 3.05) is 26.2 Å². The predicted molar refractivity (Wildman–Crippen MR) is 50.0 cm³/mol. The third-order valence-corrected chi connectivity index (χ3v) is 1.91. The van der Waals surface area contributed by atoms with E-state index >= 15 is 0 Å². The topological polar surface area (TPSA) is 24.1 Å². The van der Waals surface area contributed by atoms with Crippen molar-refractivity contribution in [3.05, 3.63) is 0 Å². The van der Waals surface area contributed by atoms with Crippen molar-refractivity contribution >= 4 is 8.41 Å². The van der Waals surface area contributed by atoms with Gasteiger partial charge in [-0.2, -0.15) is 0 Å². The van der Waals surface area contributed by atoms with E-state index in [2.05, 4.69) is 10.6 Å². The minimum atomic E-state index is 0. The molecule has 0 atom stereocenters. The van der Waals surface area contributed by atoms with Crippen LogP contribution in [0.3, 0.4) is 0 Å². The summed E-state index contributed by atoms with van der Waals surface area (Å²) in [6, 6.07) is 0. The Morgan fingerprint density at radius 2 is 0.714 bits per heavy atom. The van der Waals surface area contributed by atoms with Crippen LogP contribution < -0.4 is 24.7 Å². The second-order valence-corrected chi connectivity index (χ2v) is 2.91. The summed E-state index contributed by atoms with van der Waals surface area (Å²) in [6.45, 7) is 5.00. The molecule has 0 saturated carbocycles. The Balaban J connectivity index is -0.0000000556. The molecule has 2 nitrogen and oxygen atoms in total. The fraction of sp³-hybridized carbons (Fsp3) is 1.00. The van der Waals surface area contributed by atoms with E-state index in [1.807, 2.05) is 0 Å². The molecule has 6 heteroatoms. The Bertz CT molecular complexity index is 55.8. The van der Waals surface area contributed by atoms with Crippen LogP contribution in [0, 0.1) is 0 Å². The van der Waals surface area contributed by atoms with Gasteiger partial charge in [0.1, 0.15) is 0 Å². The minimum Gasteiger partial charge on any atom is -1.00 e. The number of hydrogen-bond donors (Lipinski definition) is 2. The zero-order valence-corrected chi connectivity index (χ0v) is 8.37. The van der Waals surface area contributed by atoms with Crippen LogP contribution in [0.4, 0.5) is 0 Å². The van der Waals surface area contributed by atoms with E-state index in [-0.39, 0.29) is 22.5 Å². The van der Waals surface area contributed by atoms with Gasteiger partial charge in [0.25, 0.3) is 0 Å². The van der Waals surface area contributed by atoms with Crippen LogP contribution in [0.2, 0.25) is 0 Å². The third-order valence-electron chi connectivity index (χ3n) is 1.91. The van der Waals surface area contributed by atoms with Gasteiger partial charge < -0.3 is 24.7 Å². The molecule has 0 aromatic carbocycles. The summed E-state index contributed by atoms with van der Waals surface area (Å²) in [5, 5.41) is 6.44. The number of hydrogen-bond acceptors (Lipinski definition) is 2. The maximum Gasteiger partial charge on any atom is 3.00 e. The van der Waals surface area contributed by atoms with Crippen LogP contribution in [0.5, 0.6) is 0 Å². The molecule has 2 saturated heterocycles. The Labute approximate surface area is 85.9 Å². The zero-order valence-electron chi connectivity index (χ0n) is 8.37. The Morgan fingerprint density at radius 1 is 0.500 bits per heavy atom. The van der Waals surface area contributed by atoms with Crippen molar-refractivity contribution < 1.29 is 14.1 Å². The summed E-state index contributed by atoms with van der Waals surface area (Å²) in [4.78, 5) is 0. The summed E-state index contributed by atoms with van der Waals surface area (Å²) < 4.78 is 0. The summed E-state index contributed by atoms with van der Waals surface area (Å²) in [5.41, 5.74) is 0. The molecule has 0 radical (unpaired) electrons. The normalized spacial score (nSPS) is 17.1. The van der Waals surface area contributed by atoms with Gasteiger partial charge in [0.2, 0.25) is 0 Å². The summed E-state index contributed by atoms with van der Waals surface area (Å²) in [7, 11) is 0. The fourth-order valence-electron chi connectivity index (χ4n) is 1.25. The average Bonchev–Trinajstić information content (AvgIpc) is 2.67. The summed E-state index contributed by atoms with van der Waals surface area (Å²) >= 11 is 0. The molecule has 0 unspecified atom stereocenters. The monoisotopic (exact) mass is 210 g/mol. The van der Waals surface area contributed by atoms with Crippen molar-refractivity contribution in [1.82, 2.24) is 10.6 Å². The van der Waals surface area contributed by atoms with Gasteiger partial charge in [0.05, 0.1) is 0 Å². The first-order chi connectivity index (χ1) is 5.00. The molecule has 2 heterocycles. The molecule has 0 aromatic rings. The van der Waals surface area contributed by atoms with Crippen LogP contribution in [0.15, 0.2) is 0 Å². The van der Waals surface area contributed by atoms with E-state index in [4.69, 9.17) is 0 Å². The molecule has 2 N–H and O–H groups in total. The quantitative estimate of drug-likeness (QED) is 0.388. The van der Waals surface area contributed by atoms with E-state index in [1.54, 1.807) is 0 Å². The van der Waals surface area contributed by atoms with Crippen molar-refractivity contribution in [3.8, 4) is 0 Å². The molecule has 2 aliphatic heterocycles. The van der Waals surface area contributed by atoms with Crippen molar-refractivity contribution in [2.24, 2.45) is 0 Å². The summed E-state index contributed by atoms with van der Waals surface area (Å²) in [6.07, 6.45) is 5.56. The first-order valence-corrected chi connectivity index (χ1v) is 4.41. The number of halogens is 3. The van der Waals surface area contributed by atoms with Gasteiger partial charge in [0.15, 0.2) is 0 Å². The second kappa shape index (κ2) is 18.5. The molecular formula is C8H18BF3N2. The van der Waals surface area contributed by atoms with Crippen LogP contribution in [-0.4, -0.2) is 34.6 Å². The fourth-order valence-corrected chi connectivity index (χ4v) is 1.25. The molecule has 0 spiro atoms. The molecule has 2 fully saturated rings. The first kappa shape index (κ1) is 23.5. The zero-order chi connectivity index (χ0) is 7.07. The van der Waals surface area contributed by atoms with Crippen LogP contribution >= 0.6 is 0 Å². The van der Waals surface area contributed by atoms with Gasteiger partial charge in [-0.3, -0.25) is 0 Å². The van der Waals surface area contributed by atoms with E-state index in [1.165, 1.54) is 51.9 Å². The maximum atomic E-state index is 3.22. The largest absolute Gasteiger partial charge is 3.00 e. The summed E-state index contributed by atoms with van der Waals surface area (Å²) in [5.74, 6) is 0. The molecule has 0 aliphatic carbocycles. The Kier molecular flexibility index (Phi) is 31.2. The standard InChI is InChI=1S/2C4H9N.B.3FH/c2*1-2-4-5-3-1;;;;/h2*5H,1-4H2;;3*1H/q;;+3;;;/p-3. The van der Waals surface area contributed by atoms with Crippen molar-refractivity contribution in [3.63, 3.8) is 0 Å². The Morgan fingerprint density at radius 3 is 0.786 bits per heavy atom. The smallest absolute Gasteiger partial charge is 1.00 e. The van der Waals surface area contributed by atoms with Gasteiger partial charge in [-0.15, -0.1) is 0 Å². The molecule has 0 bridgehead atoms. The van der Waals surface area contributed by atoms with Gasteiger partial charge in [-0.25, -0.2) is 0 Å². The van der Waals surface area contributed by atoms with Crippen LogP contribution in [0.25, 0.3) is 0 Å². The van der Waals surface area contributed by atoms with Crippen LogP contribution in [-0.2, 0) is 0 Å². The van der Waals surface area contributed by atoms with Crippen LogP contribution in [0.1, 0.15) is 25.7 Å². The average molecular weight is 210 g/mol. The molecular weight excluding hydrogens is 192 g/mol. The molecule has 84 valence electrons. The van der Waals surface area contributed by atoms with Gasteiger partial charge in [-0.05, 0) is 51.9 Å². The molecule has 2 rings (SSSR count). The molecule has 0 aromatic heterocycles. The second-order valence-electron chi connectivity index (χ2n) is 2.91. The van der Waals surface area contributed by atoms with E-state index in [9.17, 15) is 0 Å². The van der Waals surface area contributed by atoms with Gasteiger partial charge >= 0.3 is 8.41 Å². The molecule has 0 amide bonds. The minimum absolute atomic E-state index is 0. The maximum absolute atomic E-state index is 3.22. The third kappa shape index (κ3) is 14.3. The number of nitrogens with one attached hydrogen (secondary N) is 2. The van der Waals surface area contributed by atoms with E-state index in [0.29, 0.717) is 0 Å². The van der Waals surface area contributed by atoms with Gasteiger partial charge in [-0.1, -0.05) is 0 Å². The molecule has 2 aliphatic rings. The Hall–Kier alpha value is -0.225. The van der Waals surface area contributed by atoms with E-state index < -0.39 is 0 Å². The SMILES string of the molecule is C1CCNC1.C1CCNC1.[B+3].[F-].[F-].[F-]. The first-order valence-electron chi connectivity index (χ1n) is 4.41. The number of rotatable bonds is 0.